The Hall–Kier alpha value is -1.79. The summed E-state index contributed by atoms with van der Waals surface area (Å²) in [4.78, 5) is 16.0. The van der Waals surface area contributed by atoms with Gasteiger partial charge in [-0.3, -0.25) is 9.48 Å². The molecule has 6 nitrogen and oxygen atoms in total. The molecule has 2 rings (SSSR count). The molecule has 0 fully saturated rings. The fourth-order valence-electron chi connectivity index (χ4n) is 1.60. The van der Waals surface area contributed by atoms with Crippen molar-refractivity contribution >= 4 is 34.8 Å². The van der Waals surface area contributed by atoms with E-state index in [1.54, 1.807) is 18.1 Å². The van der Waals surface area contributed by atoms with Gasteiger partial charge in [-0.15, -0.1) is 0 Å². The molecule has 1 aromatic carbocycles. The van der Waals surface area contributed by atoms with Crippen molar-refractivity contribution in [3.63, 3.8) is 0 Å². The molecule has 0 bridgehead atoms. The lowest BCUT2D eigenvalue weighted by molar-refractivity contribution is 0.0954. The number of aromatic nitrogens is 3. The molecule has 1 amide bonds. The number of nitrogens with zero attached hydrogens (tertiary/aromatic N) is 3. The van der Waals surface area contributed by atoms with E-state index in [0.717, 1.165) is 0 Å². The molecule has 0 saturated carbocycles. The lowest BCUT2D eigenvalue weighted by Crippen LogP contribution is -2.26. The van der Waals surface area contributed by atoms with Crippen LogP contribution in [-0.4, -0.2) is 27.2 Å². The first-order valence-corrected chi connectivity index (χ1v) is 6.60. The van der Waals surface area contributed by atoms with Gasteiger partial charge in [0, 0.05) is 25.6 Å². The van der Waals surface area contributed by atoms with Gasteiger partial charge in [-0.25, -0.2) is 4.98 Å². The van der Waals surface area contributed by atoms with Gasteiger partial charge in [-0.05, 0) is 12.1 Å². The Labute approximate surface area is 125 Å². The van der Waals surface area contributed by atoms with Gasteiger partial charge in [-0.1, -0.05) is 23.2 Å². The number of nitrogens with one attached hydrogen (secondary N) is 1. The highest BCUT2D eigenvalue weighted by molar-refractivity contribution is 6.39. The molecule has 20 heavy (non-hydrogen) atoms. The largest absolute Gasteiger partial charge is 0.396 e. The molecule has 106 valence electrons. The first-order chi connectivity index (χ1) is 9.47. The molecular weight excluding hydrogens is 301 g/mol. The lowest BCUT2D eigenvalue weighted by atomic mass is 10.2. The second kappa shape index (κ2) is 6.11. The zero-order valence-electron chi connectivity index (χ0n) is 10.7. The molecular formula is C12H13Cl2N5O. The van der Waals surface area contributed by atoms with Gasteiger partial charge in [0.15, 0.2) is 5.82 Å². The Morgan fingerprint density at radius 1 is 1.40 bits per heavy atom. The quantitative estimate of drug-likeness (QED) is 0.841. The van der Waals surface area contributed by atoms with E-state index in [4.69, 9.17) is 28.9 Å². The Balaban J connectivity index is 1.95. The molecule has 0 radical (unpaired) electrons. The highest BCUT2D eigenvalue weighted by atomic mass is 35.5. The molecule has 3 N–H and O–H groups in total. The van der Waals surface area contributed by atoms with Crippen LogP contribution >= 0.6 is 23.2 Å². The number of carbonyl (C=O) groups is 1. The minimum absolute atomic E-state index is 0.258. The summed E-state index contributed by atoms with van der Waals surface area (Å²) in [6, 6.07) is 2.97. The summed E-state index contributed by atoms with van der Waals surface area (Å²) in [6.07, 6.45) is 2.15. The molecule has 0 atom stereocenters. The summed E-state index contributed by atoms with van der Waals surface area (Å²) >= 11 is 11.8. The Morgan fingerprint density at radius 3 is 2.60 bits per heavy atom. The minimum Gasteiger partial charge on any atom is -0.396 e. The van der Waals surface area contributed by atoms with Crippen LogP contribution in [0.25, 0.3) is 0 Å². The normalized spacial score (nSPS) is 10.6. The van der Waals surface area contributed by atoms with Crippen LogP contribution in [0, 0.1) is 0 Å². The summed E-state index contributed by atoms with van der Waals surface area (Å²) in [7, 11) is 1.79. The fraction of sp³-hybridized carbons (Fsp3) is 0.250. The monoisotopic (exact) mass is 313 g/mol. The maximum atomic E-state index is 11.9. The number of anilines is 1. The summed E-state index contributed by atoms with van der Waals surface area (Å²) in [6.45, 7) is 0.419. The summed E-state index contributed by atoms with van der Waals surface area (Å²) in [5.74, 6) is 0.394. The van der Waals surface area contributed by atoms with Crippen molar-refractivity contribution < 1.29 is 4.79 Å². The van der Waals surface area contributed by atoms with E-state index in [1.807, 2.05) is 0 Å². The van der Waals surface area contributed by atoms with Crippen molar-refractivity contribution in [2.24, 2.45) is 7.05 Å². The van der Waals surface area contributed by atoms with Gasteiger partial charge >= 0.3 is 0 Å². The molecule has 8 heteroatoms. The summed E-state index contributed by atoms with van der Waals surface area (Å²) in [5, 5.41) is 7.38. The second-order valence-electron chi connectivity index (χ2n) is 4.19. The highest BCUT2D eigenvalue weighted by Gasteiger charge is 2.11. The Kier molecular flexibility index (Phi) is 4.46. The van der Waals surface area contributed by atoms with Crippen molar-refractivity contribution in [3.8, 4) is 0 Å². The summed E-state index contributed by atoms with van der Waals surface area (Å²) in [5.41, 5.74) is 6.25. The van der Waals surface area contributed by atoms with Crippen LogP contribution < -0.4 is 11.1 Å². The summed E-state index contributed by atoms with van der Waals surface area (Å²) < 4.78 is 1.61. The number of rotatable bonds is 4. The van der Waals surface area contributed by atoms with E-state index >= 15 is 0 Å². The van der Waals surface area contributed by atoms with E-state index in [0.29, 0.717) is 24.4 Å². The lowest BCUT2D eigenvalue weighted by Gasteiger charge is -2.07. The average molecular weight is 314 g/mol. The third-order valence-corrected chi connectivity index (χ3v) is 3.25. The number of carbonyl (C=O) groups excluding carboxylic acids is 1. The topological polar surface area (TPSA) is 85.8 Å². The predicted octanol–water partition coefficient (Wildman–Crippen LogP) is 1.68. The van der Waals surface area contributed by atoms with Crippen LogP contribution in [0.4, 0.5) is 5.69 Å². The van der Waals surface area contributed by atoms with Crippen LogP contribution in [0.1, 0.15) is 16.2 Å². The van der Waals surface area contributed by atoms with E-state index in [2.05, 4.69) is 15.4 Å². The molecule has 0 spiro atoms. The van der Waals surface area contributed by atoms with Gasteiger partial charge in [0.05, 0.1) is 15.7 Å². The minimum atomic E-state index is -0.273. The maximum absolute atomic E-state index is 11.9. The van der Waals surface area contributed by atoms with Crippen molar-refractivity contribution in [1.29, 1.82) is 0 Å². The number of hydrogen-bond acceptors (Lipinski definition) is 4. The van der Waals surface area contributed by atoms with E-state index in [9.17, 15) is 4.79 Å². The maximum Gasteiger partial charge on any atom is 0.251 e. The van der Waals surface area contributed by atoms with Crippen LogP contribution in [-0.2, 0) is 13.5 Å². The van der Waals surface area contributed by atoms with Crippen LogP contribution in [0.2, 0.25) is 10.0 Å². The number of nitrogens with two attached hydrogens (primary N) is 1. The standard InChI is InChI=1S/C12H13Cl2N5O/c1-19-6-17-10(18-19)2-3-16-12(20)7-4-8(13)11(15)9(14)5-7/h4-6H,2-3,15H2,1H3,(H,16,20). The third kappa shape index (κ3) is 3.40. The number of aryl methyl sites for hydroxylation is 1. The number of nitrogen functional groups attached to an aromatic ring is 1. The van der Waals surface area contributed by atoms with E-state index in [1.165, 1.54) is 12.1 Å². The number of hydrogen-bond donors (Lipinski definition) is 2. The Morgan fingerprint density at radius 2 is 2.05 bits per heavy atom. The molecule has 2 aromatic rings. The van der Waals surface area contributed by atoms with Gasteiger partial charge < -0.3 is 11.1 Å². The molecule has 0 unspecified atom stereocenters. The zero-order chi connectivity index (χ0) is 14.7. The number of benzene rings is 1. The molecule has 0 aliphatic rings. The van der Waals surface area contributed by atoms with Gasteiger partial charge in [-0.2, -0.15) is 5.10 Å². The fourth-order valence-corrected chi connectivity index (χ4v) is 2.09. The molecule has 1 heterocycles. The third-order valence-electron chi connectivity index (χ3n) is 2.62. The van der Waals surface area contributed by atoms with Crippen molar-refractivity contribution in [3.05, 3.63) is 39.9 Å². The van der Waals surface area contributed by atoms with Gasteiger partial charge in [0.25, 0.3) is 5.91 Å². The smallest absolute Gasteiger partial charge is 0.251 e. The van der Waals surface area contributed by atoms with Crippen molar-refractivity contribution in [1.82, 2.24) is 20.1 Å². The zero-order valence-corrected chi connectivity index (χ0v) is 12.2. The molecule has 1 aromatic heterocycles. The first kappa shape index (κ1) is 14.6. The van der Waals surface area contributed by atoms with Crippen LogP contribution in [0.3, 0.4) is 0 Å². The van der Waals surface area contributed by atoms with Crippen LogP contribution in [0.5, 0.6) is 0 Å². The SMILES string of the molecule is Cn1cnc(CCNC(=O)c2cc(Cl)c(N)c(Cl)c2)n1. The van der Waals surface area contributed by atoms with E-state index < -0.39 is 0 Å². The molecule has 0 saturated heterocycles. The first-order valence-electron chi connectivity index (χ1n) is 5.84. The van der Waals surface area contributed by atoms with Crippen LogP contribution in [0.15, 0.2) is 18.5 Å². The number of halogens is 2. The second-order valence-corrected chi connectivity index (χ2v) is 5.01. The van der Waals surface area contributed by atoms with Gasteiger partial charge in [0.1, 0.15) is 6.33 Å². The average Bonchev–Trinajstić information content (AvgIpc) is 2.81. The van der Waals surface area contributed by atoms with E-state index in [-0.39, 0.29) is 21.6 Å². The van der Waals surface area contributed by atoms with Crippen molar-refractivity contribution in [2.45, 2.75) is 6.42 Å². The molecule has 0 aliphatic heterocycles. The highest BCUT2D eigenvalue weighted by Crippen LogP contribution is 2.28. The number of amides is 1. The molecule has 0 aliphatic carbocycles. The Bertz CT molecular complexity index is 618. The van der Waals surface area contributed by atoms with Crippen molar-refractivity contribution in [2.75, 3.05) is 12.3 Å². The van der Waals surface area contributed by atoms with Gasteiger partial charge in [0.2, 0.25) is 0 Å². The predicted molar refractivity (Wildman–Crippen MR) is 77.9 cm³/mol.